The van der Waals surface area contributed by atoms with Crippen molar-refractivity contribution in [3.8, 4) is 9.88 Å². The van der Waals surface area contributed by atoms with E-state index in [4.69, 9.17) is 9.15 Å². The molecule has 0 radical (unpaired) electrons. The van der Waals surface area contributed by atoms with Crippen molar-refractivity contribution >= 4 is 28.6 Å². The van der Waals surface area contributed by atoms with Crippen LogP contribution in [0.5, 0.6) is 0 Å². The molecule has 0 aromatic carbocycles. The van der Waals surface area contributed by atoms with E-state index < -0.39 is 0 Å². The van der Waals surface area contributed by atoms with Gasteiger partial charge in [-0.05, 0) is 24.4 Å². The van der Waals surface area contributed by atoms with Crippen molar-refractivity contribution in [1.82, 2.24) is 4.98 Å². The molecule has 0 atom stereocenters. The van der Waals surface area contributed by atoms with E-state index in [-0.39, 0.29) is 12.6 Å². The molecule has 20 heavy (non-hydrogen) atoms. The highest BCUT2D eigenvalue weighted by Gasteiger charge is 2.14. The molecule has 0 N–H and O–H groups in total. The molecule has 0 spiro atoms. The number of aryl methyl sites for hydroxylation is 1. The number of carbonyl (C=O) groups excluding carboxylic acids is 1. The van der Waals surface area contributed by atoms with Gasteiger partial charge in [-0.3, -0.25) is 0 Å². The Bertz CT molecular complexity index is 712. The fraction of sp³-hybridized carbons (Fsp3) is 0.143. The van der Waals surface area contributed by atoms with E-state index in [1.54, 1.807) is 35.7 Å². The number of hydrogen-bond donors (Lipinski definition) is 0. The van der Waals surface area contributed by atoms with E-state index in [9.17, 15) is 4.79 Å². The molecular formula is C14H11NO3S2. The molecule has 0 aliphatic heterocycles. The number of rotatable bonds is 4. The third-order valence-corrected chi connectivity index (χ3v) is 4.64. The number of carbonyl (C=O) groups is 1. The van der Waals surface area contributed by atoms with Gasteiger partial charge in [-0.1, -0.05) is 6.07 Å². The number of nitrogens with zero attached hydrogens (tertiary/aromatic N) is 1. The lowest BCUT2D eigenvalue weighted by Gasteiger charge is -2.01. The molecule has 3 aromatic rings. The average Bonchev–Trinajstić information content (AvgIpc) is 3.16. The second kappa shape index (κ2) is 5.60. The molecule has 3 aromatic heterocycles. The average molecular weight is 305 g/mol. The quantitative estimate of drug-likeness (QED) is 0.680. The molecule has 4 nitrogen and oxygen atoms in total. The molecule has 102 valence electrons. The molecule has 0 aliphatic carbocycles. The van der Waals surface area contributed by atoms with E-state index in [2.05, 4.69) is 4.98 Å². The highest BCUT2D eigenvalue weighted by molar-refractivity contribution is 7.20. The number of thiazole rings is 1. The highest BCUT2D eigenvalue weighted by atomic mass is 32.1. The first kappa shape index (κ1) is 13.1. The molecule has 0 fully saturated rings. The molecule has 0 amide bonds. The van der Waals surface area contributed by atoms with Crippen molar-refractivity contribution in [3.63, 3.8) is 0 Å². The number of hydrogen-bond acceptors (Lipinski definition) is 6. The van der Waals surface area contributed by atoms with Crippen molar-refractivity contribution < 1.29 is 13.9 Å². The van der Waals surface area contributed by atoms with Crippen LogP contribution in [-0.2, 0) is 11.3 Å². The number of furan rings is 1. The van der Waals surface area contributed by atoms with Gasteiger partial charge in [0.15, 0.2) is 0 Å². The summed E-state index contributed by atoms with van der Waals surface area (Å²) in [6.07, 6.45) is 1.48. The van der Waals surface area contributed by atoms with Crippen LogP contribution >= 0.6 is 22.7 Å². The Balaban J connectivity index is 1.65. The van der Waals surface area contributed by atoms with Crippen molar-refractivity contribution in [3.05, 3.63) is 52.2 Å². The third kappa shape index (κ3) is 2.66. The minimum absolute atomic E-state index is 0.172. The SMILES string of the molecule is Cc1occc1C(=O)OCc1csc(-c2cccs2)n1. The maximum Gasteiger partial charge on any atom is 0.342 e. The van der Waals surface area contributed by atoms with Crippen LogP contribution in [0.25, 0.3) is 9.88 Å². The van der Waals surface area contributed by atoms with Gasteiger partial charge in [0.1, 0.15) is 22.9 Å². The number of thiophene rings is 1. The molecule has 6 heteroatoms. The number of ether oxygens (including phenoxy) is 1. The lowest BCUT2D eigenvalue weighted by molar-refractivity contribution is 0.0466. The Morgan fingerprint density at radius 2 is 2.30 bits per heavy atom. The van der Waals surface area contributed by atoms with Crippen LogP contribution in [0, 0.1) is 6.92 Å². The van der Waals surface area contributed by atoms with Gasteiger partial charge < -0.3 is 9.15 Å². The molecule has 0 saturated heterocycles. The van der Waals surface area contributed by atoms with Crippen molar-refractivity contribution in [2.24, 2.45) is 0 Å². The predicted molar refractivity (Wildman–Crippen MR) is 78.0 cm³/mol. The fourth-order valence-electron chi connectivity index (χ4n) is 1.70. The lowest BCUT2D eigenvalue weighted by atomic mass is 10.3. The summed E-state index contributed by atoms with van der Waals surface area (Å²) in [5, 5.41) is 4.87. The van der Waals surface area contributed by atoms with E-state index in [1.165, 1.54) is 6.26 Å². The Hall–Kier alpha value is -1.92. The minimum Gasteiger partial charge on any atom is -0.469 e. The van der Waals surface area contributed by atoms with Gasteiger partial charge in [0, 0.05) is 5.38 Å². The first-order chi connectivity index (χ1) is 9.74. The zero-order valence-corrected chi connectivity index (χ0v) is 12.3. The molecule has 3 heterocycles. The summed E-state index contributed by atoms with van der Waals surface area (Å²) in [6.45, 7) is 1.90. The molecular weight excluding hydrogens is 294 g/mol. The summed E-state index contributed by atoms with van der Waals surface area (Å²) in [5.41, 5.74) is 1.21. The van der Waals surface area contributed by atoms with Crippen LogP contribution in [0.1, 0.15) is 21.8 Å². The second-order valence-electron chi connectivity index (χ2n) is 4.09. The van der Waals surface area contributed by atoms with Crippen LogP contribution in [-0.4, -0.2) is 11.0 Å². The molecule has 3 rings (SSSR count). The monoisotopic (exact) mass is 305 g/mol. The molecule has 0 bridgehead atoms. The summed E-state index contributed by atoms with van der Waals surface area (Å²) in [5.74, 6) is 0.175. The molecule has 0 aliphatic rings. The molecule has 0 saturated carbocycles. The summed E-state index contributed by atoms with van der Waals surface area (Å²) in [4.78, 5) is 17.4. The van der Waals surface area contributed by atoms with Crippen LogP contribution in [0.15, 0.2) is 39.6 Å². The van der Waals surface area contributed by atoms with Crippen LogP contribution in [0.4, 0.5) is 0 Å². The van der Waals surface area contributed by atoms with Crippen molar-refractivity contribution in [1.29, 1.82) is 0 Å². The molecule has 0 unspecified atom stereocenters. The van der Waals surface area contributed by atoms with Crippen LogP contribution in [0.3, 0.4) is 0 Å². The minimum atomic E-state index is -0.387. The second-order valence-corrected chi connectivity index (χ2v) is 5.89. The first-order valence-corrected chi connectivity index (χ1v) is 7.69. The number of aromatic nitrogens is 1. The van der Waals surface area contributed by atoms with E-state index in [0.717, 1.165) is 15.6 Å². The lowest BCUT2D eigenvalue weighted by Crippen LogP contribution is -2.05. The van der Waals surface area contributed by atoms with Crippen LogP contribution < -0.4 is 0 Å². The van der Waals surface area contributed by atoms with Gasteiger partial charge >= 0.3 is 5.97 Å². The summed E-state index contributed by atoms with van der Waals surface area (Å²) >= 11 is 3.19. The first-order valence-electron chi connectivity index (χ1n) is 5.93. The van der Waals surface area contributed by atoms with Gasteiger partial charge in [0.05, 0.1) is 16.8 Å². The maximum atomic E-state index is 11.8. The summed E-state index contributed by atoms with van der Waals surface area (Å²) < 4.78 is 10.3. The van der Waals surface area contributed by atoms with Crippen molar-refractivity contribution in [2.75, 3.05) is 0 Å². The maximum absolute atomic E-state index is 11.8. The predicted octanol–water partition coefficient (Wildman–Crippen LogP) is 4.13. The zero-order valence-electron chi connectivity index (χ0n) is 10.7. The van der Waals surface area contributed by atoms with Gasteiger partial charge in [-0.2, -0.15) is 0 Å². The standard InChI is InChI=1S/C14H11NO3S2/c1-9-11(4-5-17-9)14(16)18-7-10-8-20-13(15-10)12-3-2-6-19-12/h2-6,8H,7H2,1H3. The fourth-order valence-corrected chi connectivity index (χ4v) is 3.32. The number of esters is 1. The van der Waals surface area contributed by atoms with E-state index in [0.29, 0.717) is 11.3 Å². The Morgan fingerprint density at radius 3 is 3.00 bits per heavy atom. The smallest absolute Gasteiger partial charge is 0.342 e. The third-order valence-electron chi connectivity index (χ3n) is 2.71. The highest BCUT2D eigenvalue weighted by Crippen LogP contribution is 2.28. The topological polar surface area (TPSA) is 52.3 Å². The van der Waals surface area contributed by atoms with E-state index in [1.807, 2.05) is 22.9 Å². The van der Waals surface area contributed by atoms with Gasteiger partial charge in [0.2, 0.25) is 0 Å². The Morgan fingerprint density at radius 1 is 1.40 bits per heavy atom. The van der Waals surface area contributed by atoms with Crippen molar-refractivity contribution in [2.45, 2.75) is 13.5 Å². The summed E-state index contributed by atoms with van der Waals surface area (Å²) in [6, 6.07) is 5.62. The van der Waals surface area contributed by atoms with Gasteiger partial charge in [-0.25, -0.2) is 9.78 Å². The van der Waals surface area contributed by atoms with Gasteiger partial charge in [-0.15, -0.1) is 22.7 Å². The van der Waals surface area contributed by atoms with Crippen LogP contribution in [0.2, 0.25) is 0 Å². The van der Waals surface area contributed by atoms with Gasteiger partial charge in [0.25, 0.3) is 0 Å². The zero-order chi connectivity index (χ0) is 13.9. The Kier molecular flexibility index (Phi) is 3.66. The summed E-state index contributed by atoms with van der Waals surface area (Å²) in [7, 11) is 0. The largest absolute Gasteiger partial charge is 0.469 e. The van der Waals surface area contributed by atoms with E-state index >= 15 is 0 Å². The Labute approximate surface area is 123 Å². The normalized spacial score (nSPS) is 10.7.